The van der Waals surface area contributed by atoms with Crippen molar-refractivity contribution in [3.63, 3.8) is 0 Å². The van der Waals surface area contributed by atoms with Gasteiger partial charge in [-0.15, -0.1) is 0 Å². The van der Waals surface area contributed by atoms with E-state index in [2.05, 4.69) is 30.6 Å². The van der Waals surface area contributed by atoms with Crippen LogP contribution in [0.15, 0.2) is 42.5 Å². The molecule has 0 aliphatic rings. The number of rotatable bonds is 7. The summed E-state index contributed by atoms with van der Waals surface area (Å²) in [5, 5.41) is 15.7. The number of hydrogen-bond donors (Lipinski definition) is 2. The Kier molecular flexibility index (Phi) is 10.7. The summed E-state index contributed by atoms with van der Waals surface area (Å²) in [6.45, 7) is 8.80. The monoisotopic (exact) mass is 393 g/mol. The third kappa shape index (κ3) is 7.71. The van der Waals surface area contributed by atoms with E-state index < -0.39 is 0 Å². The molecule has 5 nitrogen and oxygen atoms in total. The third-order valence-electron chi connectivity index (χ3n) is 3.83. The Hall–Kier alpha value is -3.26. The van der Waals surface area contributed by atoms with Crippen LogP contribution in [0.1, 0.15) is 51.7 Å². The van der Waals surface area contributed by atoms with Gasteiger partial charge in [-0.25, -0.2) is 0 Å². The molecule has 0 aliphatic heterocycles. The minimum Gasteiger partial charge on any atom is -0.497 e. The number of hydrogen-bond acceptors (Lipinski definition) is 4. The van der Waals surface area contributed by atoms with E-state index in [0.717, 1.165) is 34.8 Å². The minimum absolute atomic E-state index is 0.0282. The van der Waals surface area contributed by atoms with Crippen molar-refractivity contribution in [2.45, 2.75) is 40.5 Å². The predicted octanol–water partition coefficient (Wildman–Crippen LogP) is 5.96. The molecular formula is C24H31N3O2. The summed E-state index contributed by atoms with van der Waals surface area (Å²) < 4.78 is 5.27. The quantitative estimate of drug-likeness (QED) is 0.450. The van der Waals surface area contributed by atoms with Gasteiger partial charge in [0.25, 0.3) is 0 Å². The summed E-state index contributed by atoms with van der Waals surface area (Å²) in [4.78, 5) is 11.4. The van der Waals surface area contributed by atoms with Crippen molar-refractivity contribution in [3.8, 4) is 11.8 Å². The molecule has 0 radical (unpaired) electrons. The molecule has 0 atom stereocenters. The van der Waals surface area contributed by atoms with Gasteiger partial charge in [0.15, 0.2) is 0 Å². The Morgan fingerprint density at radius 1 is 1.10 bits per heavy atom. The van der Waals surface area contributed by atoms with Crippen molar-refractivity contribution in [1.29, 1.82) is 5.26 Å². The molecule has 29 heavy (non-hydrogen) atoms. The van der Waals surface area contributed by atoms with Crippen LogP contribution < -0.4 is 15.4 Å². The SMILES string of the molecule is CCC.CCNc1cc(OC)ccc1/C(C#N)=C/c1ccc(NC(=O)CC)cc1. The lowest BCUT2D eigenvalue weighted by Gasteiger charge is -2.12. The second-order valence-electron chi connectivity index (χ2n) is 6.34. The van der Waals surface area contributed by atoms with Crippen molar-refractivity contribution in [1.82, 2.24) is 0 Å². The molecule has 2 aromatic rings. The van der Waals surface area contributed by atoms with Crippen molar-refractivity contribution < 1.29 is 9.53 Å². The van der Waals surface area contributed by atoms with E-state index in [1.54, 1.807) is 7.11 Å². The first kappa shape index (κ1) is 23.8. The lowest BCUT2D eigenvalue weighted by atomic mass is 10.0. The first-order valence-corrected chi connectivity index (χ1v) is 9.96. The number of carbonyl (C=O) groups is 1. The Balaban J connectivity index is 0.00000132. The fourth-order valence-corrected chi connectivity index (χ4v) is 2.47. The average molecular weight is 394 g/mol. The summed E-state index contributed by atoms with van der Waals surface area (Å²) in [5.41, 5.74) is 3.85. The molecule has 2 rings (SSSR count). The zero-order valence-electron chi connectivity index (χ0n) is 18.0. The van der Waals surface area contributed by atoms with E-state index in [1.165, 1.54) is 6.42 Å². The Bertz CT molecular complexity index is 849. The second-order valence-corrected chi connectivity index (χ2v) is 6.34. The summed E-state index contributed by atoms with van der Waals surface area (Å²) in [5.74, 6) is 0.706. The predicted molar refractivity (Wildman–Crippen MR) is 122 cm³/mol. The maximum absolute atomic E-state index is 11.4. The summed E-state index contributed by atoms with van der Waals surface area (Å²) in [6, 6.07) is 15.3. The van der Waals surface area contributed by atoms with Gasteiger partial charge < -0.3 is 15.4 Å². The van der Waals surface area contributed by atoms with Crippen LogP contribution in [0.25, 0.3) is 11.6 Å². The topological polar surface area (TPSA) is 74.2 Å². The molecule has 0 unspecified atom stereocenters. The van der Waals surface area contributed by atoms with E-state index in [4.69, 9.17) is 4.74 Å². The lowest BCUT2D eigenvalue weighted by molar-refractivity contribution is -0.115. The number of benzene rings is 2. The van der Waals surface area contributed by atoms with Gasteiger partial charge in [0.05, 0.1) is 18.8 Å². The largest absolute Gasteiger partial charge is 0.497 e. The molecule has 0 spiro atoms. The van der Waals surface area contributed by atoms with Crippen molar-refractivity contribution in [3.05, 3.63) is 53.6 Å². The van der Waals surface area contributed by atoms with Crippen LogP contribution in [0, 0.1) is 11.3 Å². The number of allylic oxidation sites excluding steroid dienone is 1. The summed E-state index contributed by atoms with van der Waals surface area (Å²) in [7, 11) is 1.62. The maximum Gasteiger partial charge on any atom is 0.224 e. The minimum atomic E-state index is -0.0282. The number of nitrogens with one attached hydrogen (secondary N) is 2. The normalized spacial score (nSPS) is 10.3. The number of nitriles is 1. The number of carbonyl (C=O) groups excluding carboxylic acids is 1. The number of anilines is 2. The van der Waals surface area contributed by atoms with Crippen LogP contribution in [0.3, 0.4) is 0 Å². The third-order valence-corrected chi connectivity index (χ3v) is 3.83. The first-order valence-electron chi connectivity index (χ1n) is 9.96. The Labute approximate surface area is 174 Å². The lowest BCUT2D eigenvalue weighted by Crippen LogP contribution is -2.09. The molecule has 154 valence electrons. The molecule has 2 N–H and O–H groups in total. The van der Waals surface area contributed by atoms with Gasteiger partial charge in [0.1, 0.15) is 5.75 Å². The Morgan fingerprint density at radius 2 is 1.76 bits per heavy atom. The Morgan fingerprint density at radius 3 is 2.28 bits per heavy atom. The number of methoxy groups -OCH3 is 1. The van der Waals surface area contributed by atoms with Gasteiger partial charge in [-0.1, -0.05) is 39.3 Å². The highest BCUT2D eigenvalue weighted by atomic mass is 16.5. The zero-order valence-corrected chi connectivity index (χ0v) is 18.0. The molecule has 5 heteroatoms. The molecular weight excluding hydrogens is 362 g/mol. The van der Waals surface area contributed by atoms with Gasteiger partial charge in [-0.05, 0) is 42.8 Å². The average Bonchev–Trinajstić information content (AvgIpc) is 2.74. The first-order chi connectivity index (χ1) is 14.0. The van der Waals surface area contributed by atoms with Crippen LogP contribution in [0.5, 0.6) is 5.75 Å². The highest BCUT2D eigenvalue weighted by molar-refractivity contribution is 5.95. The molecule has 0 heterocycles. The van der Waals surface area contributed by atoms with Crippen LogP contribution in [0.2, 0.25) is 0 Å². The van der Waals surface area contributed by atoms with Gasteiger partial charge in [0, 0.05) is 36.0 Å². The summed E-state index contributed by atoms with van der Waals surface area (Å²) in [6.07, 6.45) is 3.51. The smallest absolute Gasteiger partial charge is 0.224 e. The fourth-order valence-electron chi connectivity index (χ4n) is 2.47. The van der Waals surface area contributed by atoms with E-state index in [1.807, 2.05) is 62.4 Å². The fraction of sp³-hybridized carbons (Fsp3) is 0.333. The summed E-state index contributed by atoms with van der Waals surface area (Å²) >= 11 is 0. The number of nitrogens with zero attached hydrogens (tertiary/aromatic N) is 1. The maximum atomic E-state index is 11.4. The highest BCUT2D eigenvalue weighted by Gasteiger charge is 2.09. The van der Waals surface area contributed by atoms with Crippen molar-refractivity contribution in [2.75, 3.05) is 24.3 Å². The van der Waals surface area contributed by atoms with E-state index >= 15 is 0 Å². The molecule has 0 bridgehead atoms. The van der Waals surface area contributed by atoms with E-state index in [-0.39, 0.29) is 5.91 Å². The number of ether oxygens (including phenoxy) is 1. The van der Waals surface area contributed by atoms with E-state index in [9.17, 15) is 10.1 Å². The van der Waals surface area contributed by atoms with Crippen LogP contribution >= 0.6 is 0 Å². The molecule has 0 saturated carbocycles. The van der Waals surface area contributed by atoms with Gasteiger partial charge in [-0.2, -0.15) is 5.26 Å². The van der Waals surface area contributed by atoms with Crippen molar-refractivity contribution >= 4 is 28.9 Å². The zero-order chi connectivity index (χ0) is 21.6. The van der Waals surface area contributed by atoms with Gasteiger partial charge in [-0.3, -0.25) is 4.79 Å². The molecule has 0 fully saturated rings. The van der Waals surface area contributed by atoms with Crippen LogP contribution in [-0.4, -0.2) is 19.6 Å². The van der Waals surface area contributed by atoms with Crippen molar-refractivity contribution in [2.24, 2.45) is 0 Å². The number of amides is 1. The van der Waals surface area contributed by atoms with Gasteiger partial charge >= 0.3 is 0 Å². The molecule has 2 aromatic carbocycles. The highest BCUT2D eigenvalue weighted by Crippen LogP contribution is 2.29. The molecule has 0 aromatic heterocycles. The van der Waals surface area contributed by atoms with Gasteiger partial charge in [0.2, 0.25) is 5.91 Å². The van der Waals surface area contributed by atoms with Crippen LogP contribution in [0.4, 0.5) is 11.4 Å². The standard InChI is InChI=1S/C21H23N3O2.C3H8/c1-4-21(25)24-17-8-6-15(7-9-17)12-16(14-22)19-11-10-18(26-3)13-20(19)23-5-2;1-3-2/h6-13,23H,4-5H2,1-3H3,(H,24,25);3H2,1-2H3/b16-12+;. The van der Waals surface area contributed by atoms with E-state index in [0.29, 0.717) is 12.0 Å². The molecule has 0 saturated heterocycles. The molecule has 1 amide bonds. The van der Waals surface area contributed by atoms with Crippen LogP contribution in [-0.2, 0) is 4.79 Å². The molecule has 0 aliphatic carbocycles. The second kappa shape index (κ2) is 13.0.